The van der Waals surface area contributed by atoms with Crippen molar-refractivity contribution in [3.8, 4) is 11.3 Å². The van der Waals surface area contributed by atoms with E-state index in [-0.39, 0.29) is 5.97 Å². The fourth-order valence-corrected chi connectivity index (χ4v) is 3.06. The van der Waals surface area contributed by atoms with Gasteiger partial charge >= 0.3 is 5.97 Å². The second-order valence-corrected chi connectivity index (χ2v) is 6.01. The van der Waals surface area contributed by atoms with E-state index in [0.717, 1.165) is 27.8 Å². The number of hydrogen-bond acceptors (Lipinski definition) is 5. The van der Waals surface area contributed by atoms with Gasteiger partial charge in [0.25, 0.3) is 0 Å². The second-order valence-electron chi connectivity index (χ2n) is 5.17. The van der Waals surface area contributed by atoms with Crippen molar-refractivity contribution in [3.05, 3.63) is 22.8 Å². The lowest BCUT2D eigenvalue weighted by atomic mass is 10.2. The Bertz CT molecular complexity index is 643. The molecule has 0 radical (unpaired) electrons. The minimum Gasteiger partial charge on any atom is -0.469 e. The van der Waals surface area contributed by atoms with Crippen molar-refractivity contribution in [1.29, 1.82) is 0 Å². The molecule has 2 heterocycles. The normalized spacial score (nSPS) is 10.7. The molecule has 0 atom stereocenters. The Hall–Kier alpha value is -1.82. The van der Waals surface area contributed by atoms with Crippen LogP contribution < -0.4 is 4.90 Å². The SMILES string of the molecule is COC(=O)CCn1c(C)cc(-c2csc(N(C)C)n2)c1C. The Labute approximate surface area is 129 Å². The first kappa shape index (κ1) is 15.6. The summed E-state index contributed by atoms with van der Waals surface area (Å²) in [6.45, 7) is 4.75. The van der Waals surface area contributed by atoms with Crippen LogP contribution in [0, 0.1) is 13.8 Å². The summed E-state index contributed by atoms with van der Waals surface area (Å²) in [6, 6.07) is 2.13. The number of carbonyl (C=O) groups is 1. The number of nitrogens with zero attached hydrogens (tertiary/aromatic N) is 3. The van der Waals surface area contributed by atoms with Crippen LogP contribution in [0.3, 0.4) is 0 Å². The number of methoxy groups -OCH3 is 1. The maximum absolute atomic E-state index is 11.3. The molecule has 0 aliphatic heterocycles. The molecular weight excluding hydrogens is 286 g/mol. The Balaban J connectivity index is 2.27. The van der Waals surface area contributed by atoms with Crippen molar-refractivity contribution >= 4 is 22.4 Å². The number of ether oxygens (including phenoxy) is 1. The molecule has 0 aliphatic carbocycles. The molecule has 5 nitrogen and oxygen atoms in total. The quantitative estimate of drug-likeness (QED) is 0.797. The second kappa shape index (κ2) is 6.30. The van der Waals surface area contributed by atoms with E-state index in [1.165, 1.54) is 7.11 Å². The highest BCUT2D eigenvalue weighted by molar-refractivity contribution is 7.14. The molecule has 0 unspecified atom stereocenters. The molecule has 2 aromatic heterocycles. The molecule has 0 saturated carbocycles. The predicted molar refractivity (Wildman–Crippen MR) is 86.0 cm³/mol. The smallest absolute Gasteiger partial charge is 0.307 e. The average molecular weight is 307 g/mol. The summed E-state index contributed by atoms with van der Waals surface area (Å²) in [5.74, 6) is -0.187. The molecule has 0 amide bonds. The Morgan fingerprint density at radius 2 is 2.14 bits per heavy atom. The zero-order valence-corrected chi connectivity index (χ0v) is 14.0. The Morgan fingerprint density at radius 1 is 1.43 bits per heavy atom. The number of anilines is 1. The third-order valence-corrected chi connectivity index (χ3v) is 4.50. The van der Waals surface area contributed by atoms with Crippen LogP contribution in [-0.2, 0) is 16.1 Å². The van der Waals surface area contributed by atoms with Crippen LogP contribution in [0.2, 0.25) is 0 Å². The number of hydrogen-bond donors (Lipinski definition) is 0. The molecule has 21 heavy (non-hydrogen) atoms. The molecule has 0 spiro atoms. The van der Waals surface area contributed by atoms with Gasteiger partial charge in [0.15, 0.2) is 5.13 Å². The molecule has 0 saturated heterocycles. The van der Waals surface area contributed by atoms with E-state index in [1.54, 1.807) is 11.3 Å². The summed E-state index contributed by atoms with van der Waals surface area (Å²) in [6.07, 6.45) is 0.381. The van der Waals surface area contributed by atoms with Crippen molar-refractivity contribution in [2.75, 3.05) is 26.1 Å². The summed E-state index contributed by atoms with van der Waals surface area (Å²) in [5, 5.41) is 3.06. The third kappa shape index (κ3) is 3.26. The number of esters is 1. The Kier molecular flexibility index (Phi) is 4.67. The van der Waals surface area contributed by atoms with Crippen LogP contribution in [0.1, 0.15) is 17.8 Å². The standard InChI is InChI=1S/C15H21N3O2S/c1-10-8-12(13-9-21-15(16-13)17(3)4)11(2)18(10)7-6-14(19)20-5/h8-9H,6-7H2,1-5H3. The molecule has 0 bridgehead atoms. The van der Waals surface area contributed by atoms with E-state index in [0.29, 0.717) is 13.0 Å². The van der Waals surface area contributed by atoms with Gasteiger partial charge in [-0.25, -0.2) is 4.98 Å². The summed E-state index contributed by atoms with van der Waals surface area (Å²) in [4.78, 5) is 18.0. The van der Waals surface area contributed by atoms with Crippen molar-refractivity contribution in [3.63, 3.8) is 0 Å². The van der Waals surface area contributed by atoms with Gasteiger partial charge in [0.05, 0.1) is 19.2 Å². The van der Waals surface area contributed by atoms with Gasteiger partial charge in [-0.2, -0.15) is 0 Å². The monoisotopic (exact) mass is 307 g/mol. The minimum absolute atomic E-state index is 0.187. The van der Waals surface area contributed by atoms with Gasteiger partial charge in [0, 0.05) is 43.0 Å². The summed E-state index contributed by atoms with van der Waals surface area (Å²) < 4.78 is 6.84. The summed E-state index contributed by atoms with van der Waals surface area (Å²) in [7, 11) is 5.39. The molecule has 114 valence electrons. The fourth-order valence-electron chi connectivity index (χ4n) is 2.30. The van der Waals surface area contributed by atoms with E-state index < -0.39 is 0 Å². The number of aromatic nitrogens is 2. The van der Waals surface area contributed by atoms with Gasteiger partial charge in [-0.05, 0) is 19.9 Å². The maximum Gasteiger partial charge on any atom is 0.307 e. The molecule has 2 rings (SSSR count). The van der Waals surface area contributed by atoms with Gasteiger partial charge in [0.1, 0.15) is 0 Å². The fraction of sp³-hybridized carbons (Fsp3) is 0.467. The van der Waals surface area contributed by atoms with E-state index in [1.807, 2.05) is 25.9 Å². The highest BCUT2D eigenvalue weighted by Gasteiger charge is 2.15. The Morgan fingerprint density at radius 3 is 2.71 bits per heavy atom. The largest absolute Gasteiger partial charge is 0.469 e. The topological polar surface area (TPSA) is 47.4 Å². The van der Waals surface area contributed by atoms with Gasteiger partial charge in [0.2, 0.25) is 0 Å². The minimum atomic E-state index is -0.187. The van der Waals surface area contributed by atoms with Crippen LogP contribution in [0.25, 0.3) is 11.3 Å². The van der Waals surface area contributed by atoms with Crippen LogP contribution >= 0.6 is 11.3 Å². The molecule has 0 fully saturated rings. The van der Waals surface area contributed by atoms with Crippen LogP contribution in [0.15, 0.2) is 11.4 Å². The molecule has 0 N–H and O–H groups in total. The zero-order valence-electron chi connectivity index (χ0n) is 13.1. The van der Waals surface area contributed by atoms with Crippen molar-refractivity contribution in [1.82, 2.24) is 9.55 Å². The number of carbonyl (C=O) groups excluding carboxylic acids is 1. The molecule has 0 aromatic carbocycles. The van der Waals surface area contributed by atoms with E-state index in [2.05, 4.69) is 27.9 Å². The highest BCUT2D eigenvalue weighted by atomic mass is 32.1. The number of aryl methyl sites for hydroxylation is 1. The number of thiazole rings is 1. The van der Waals surface area contributed by atoms with E-state index in [4.69, 9.17) is 4.74 Å². The zero-order chi connectivity index (χ0) is 15.6. The number of rotatable bonds is 5. The highest BCUT2D eigenvalue weighted by Crippen LogP contribution is 2.30. The van der Waals surface area contributed by atoms with Crippen molar-refractivity contribution < 1.29 is 9.53 Å². The lowest BCUT2D eigenvalue weighted by Crippen LogP contribution is -2.09. The molecular formula is C15H21N3O2S. The van der Waals surface area contributed by atoms with Gasteiger partial charge < -0.3 is 14.2 Å². The van der Waals surface area contributed by atoms with Gasteiger partial charge in [-0.1, -0.05) is 0 Å². The van der Waals surface area contributed by atoms with Crippen LogP contribution in [0.5, 0.6) is 0 Å². The van der Waals surface area contributed by atoms with E-state index in [9.17, 15) is 4.79 Å². The maximum atomic E-state index is 11.3. The van der Waals surface area contributed by atoms with Crippen LogP contribution in [0.4, 0.5) is 5.13 Å². The van der Waals surface area contributed by atoms with Gasteiger partial charge in [-0.3, -0.25) is 4.79 Å². The molecule has 0 aliphatic rings. The first-order valence-electron chi connectivity index (χ1n) is 6.80. The first-order valence-corrected chi connectivity index (χ1v) is 7.68. The predicted octanol–water partition coefficient (Wildman–Crippen LogP) is 2.86. The van der Waals surface area contributed by atoms with Gasteiger partial charge in [-0.15, -0.1) is 11.3 Å². The molecule has 6 heteroatoms. The third-order valence-electron chi connectivity index (χ3n) is 3.49. The molecule has 2 aromatic rings. The van der Waals surface area contributed by atoms with Crippen LogP contribution in [-0.4, -0.2) is 36.7 Å². The average Bonchev–Trinajstić information content (AvgIpc) is 3.02. The summed E-state index contributed by atoms with van der Waals surface area (Å²) >= 11 is 1.63. The summed E-state index contributed by atoms with van der Waals surface area (Å²) in [5.41, 5.74) is 4.38. The van der Waals surface area contributed by atoms with E-state index >= 15 is 0 Å². The van der Waals surface area contributed by atoms with Crippen molar-refractivity contribution in [2.24, 2.45) is 0 Å². The lowest BCUT2D eigenvalue weighted by molar-refractivity contribution is -0.140. The first-order chi connectivity index (χ1) is 9.93. The van der Waals surface area contributed by atoms with Crippen molar-refractivity contribution in [2.45, 2.75) is 26.8 Å². The lowest BCUT2D eigenvalue weighted by Gasteiger charge is -2.08.